The Labute approximate surface area is 215 Å². The Kier molecular flexibility index (Phi) is 5.51. The highest BCUT2D eigenvalue weighted by atomic mass is 35.5. The number of nitrogens with one attached hydrogen (secondary N) is 4. The fourth-order valence-corrected chi connectivity index (χ4v) is 5.66. The molecule has 11 nitrogen and oxygen atoms in total. The maximum Gasteiger partial charge on any atom is 0.243 e. The minimum absolute atomic E-state index is 0.0334. The third kappa shape index (κ3) is 4.46. The molecule has 2 aromatic heterocycles. The predicted molar refractivity (Wildman–Crippen MR) is 138 cm³/mol. The lowest BCUT2D eigenvalue weighted by Crippen LogP contribution is -2.23. The third-order valence-corrected chi connectivity index (χ3v) is 7.57. The normalized spacial score (nSPS) is 13.0. The van der Waals surface area contributed by atoms with Crippen molar-refractivity contribution < 1.29 is 17.9 Å². The first-order valence-corrected chi connectivity index (χ1v) is 13.0. The van der Waals surface area contributed by atoms with Crippen molar-refractivity contribution in [2.24, 2.45) is 5.73 Å². The van der Waals surface area contributed by atoms with E-state index < -0.39 is 10.0 Å². The molecule has 0 atom stereocenters. The minimum atomic E-state index is -3.96. The van der Waals surface area contributed by atoms with Crippen molar-refractivity contribution >= 4 is 49.5 Å². The lowest BCUT2D eigenvalue weighted by Gasteiger charge is -2.08. The first kappa shape index (κ1) is 23.3. The predicted octanol–water partition coefficient (Wildman–Crippen LogP) is 3.17. The monoisotopic (exact) mass is 537 g/mol. The molecule has 0 saturated carbocycles. The van der Waals surface area contributed by atoms with Crippen LogP contribution in [0.1, 0.15) is 22.8 Å². The van der Waals surface area contributed by atoms with Gasteiger partial charge in [0.15, 0.2) is 11.5 Å². The van der Waals surface area contributed by atoms with E-state index in [0.29, 0.717) is 46.2 Å². The van der Waals surface area contributed by atoms with Gasteiger partial charge in [0, 0.05) is 17.1 Å². The summed E-state index contributed by atoms with van der Waals surface area (Å²) in [6.07, 6.45) is 0.292. The average molecular weight is 538 g/mol. The number of amidine groups is 1. The van der Waals surface area contributed by atoms with Gasteiger partial charge < -0.3 is 25.2 Å². The fraction of sp³-hybridized carbons (Fsp3) is 0.125. The highest BCUT2D eigenvalue weighted by molar-refractivity contribution is 7.89. The molecule has 0 saturated heterocycles. The molecular weight excluding hydrogens is 518 g/mol. The highest BCUT2D eigenvalue weighted by Gasteiger charge is 2.22. The summed E-state index contributed by atoms with van der Waals surface area (Å²) in [6, 6.07) is 13.5. The number of nitrogens with two attached hydrogens (primary N) is 1. The summed E-state index contributed by atoms with van der Waals surface area (Å²) in [5, 5.41) is 7.86. The number of aromatic nitrogens is 4. The molecule has 0 spiro atoms. The van der Waals surface area contributed by atoms with Gasteiger partial charge in [-0.3, -0.25) is 5.41 Å². The Balaban J connectivity index is 1.28. The molecule has 0 fully saturated rings. The van der Waals surface area contributed by atoms with Crippen molar-refractivity contribution in [2.75, 3.05) is 6.79 Å². The standard InChI is InChI=1S/C24H20ClN7O4S/c25-14-7-17-23(20(8-14)37(33,34)28-10-12-1-4-18-19(5-12)36-11-35-18)32-22(31-17)9-21-29-15-3-2-13(24(26)27)6-16(15)30-21/h1-8,28H,9-11H2,(H3,26,27)(H,29,30)(H,31,32). The second-order valence-corrected chi connectivity index (χ2v) is 10.7. The summed E-state index contributed by atoms with van der Waals surface area (Å²) >= 11 is 6.26. The van der Waals surface area contributed by atoms with Crippen molar-refractivity contribution in [3.8, 4) is 11.5 Å². The smallest absolute Gasteiger partial charge is 0.243 e. The number of nitrogens with zero attached hydrogens (tertiary/aromatic N) is 2. The van der Waals surface area contributed by atoms with Crippen LogP contribution in [0.2, 0.25) is 5.02 Å². The fourth-order valence-electron chi connectivity index (χ4n) is 4.17. The summed E-state index contributed by atoms with van der Waals surface area (Å²) in [6.45, 7) is 0.186. The summed E-state index contributed by atoms with van der Waals surface area (Å²) in [4.78, 5) is 15.4. The molecule has 1 aliphatic heterocycles. The summed E-state index contributed by atoms with van der Waals surface area (Å²) in [5.74, 6) is 2.28. The third-order valence-electron chi connectivity index (χ3n) is 5.94. The molecule has 0 bridgehead atoms. The van der Waals surface area contributed by atoms with Crippen LogP contribution in [0.15, 0.2) is 53.4 Å². The van der Waals surface area contributed by atoms with Gasteiger partial charge in [0.25, 0.3) is 0 Å². The number of nitrogen functional groups attached to an aromatic ring is 1. The number of benzene rings is 3. The molecule has 6 N–H and O–H groups in total. The number of imidazole rings is 2. The Morgan fingerprint density at radius 3 is 2.65 bits per heavy atom. The molecule has 0 amide bonds. The van der Waals surface area contributed by atoms with E-state index in [4.69, 9.17) is 32.2 Å². The number of hydrogen-bond acceptors (Lipinski definition) is 7. The van der Waals surface area contributed by atoms with Crippen molar-refractivity contribution in [2.45, 2.75) is 17.9 Å². The van der Waals surface area contributed by atoms with E-state index in [2.05, 4.69) is 24.7 Å². The van der Waals surface area contributed by atoms with Crippen molar-refractivity contribution in [3.05, 3.63) is 76.3 Å². The van der Waals surface area contributed by atoms with E-state index in [1.54, 1.807) is 42.5 Å². The molecule has 3 heterocycles. The zero-order valence-corrected chi connectivity index (χ0v) is 20.7. The molecule has 0 unspecified atom stereocenters. The number of sulfonamides is 1. The number of fused-ring (bicyclic) bond motifs is 3. The van der Waals surface area contributed by atoms with Crippen LogP contribution < -0.4 is 19.9 Å². The molecule has 0 aliphatic carbocycles. The van der Waals surface area contributed by atoms with E-state index in [1.807, 2.05) is 0 Å². The summed E-state index contributed by atoms with van der Waals surface area (Å²) in [5.41, 5.74) is 9.09. The SMILES string of the molecule is N=C(N)c1ccc2nc(Cc3nc4c(S(=O)(=O)NCc5ccc6c(c5)OCO6)cc(Cl)cc4[nH]3)[nH]c2c1. The summed E-state index contributed by atoms with van der Waals surface area (Å²) < 4.78 is 39.8. The van der Waals surface area contributed by atoms with Crippen molar-refractivity contribution in [1.29, 1.82) is 5.41 Å². The van der Waals surface area contributed by atoms with Gasteiger partial charge in [-0.2, -0.15) is 0 Å². The molecule has 5 aromatic rings. The van der Waals surface area contributed by atoms with E-state index in [0.717, 1.165) is 11.0 Å². The molecule has 188 valence electrons. The minimum Gasteiger partial charge on any atom is -0.454 e. The Morgan fingerprint density at radius 1 is 1.03 bits per heavy atom. The van der Waals surface area contributed by atoms with Crippen LogP contribution in [0.3, 0.4) is 0 Å². The largest absolute Gasteiger partial charge is 0.454 e. The van der Waals surface area contributed by atoms with Crippen LogP contribution >= 0.6 is 11.6 Å². The molecule has 6 rings (SSSR count). The second kappa shape index (κ2) is 8.76. The molecule has 1 aliphatic rings. The number of rotatable bonds is 7. The van der Waals surface area contributed by atoms with Crippen LogP contribution in [-0.2, 0) is 23.0 Å². The maximum absolute atomic E-state index is 13.3. The van der Waals surface area contributed by atoms with E-state index in [1.165, 1.54) is 6.07 Å². The van der Waals surface area contributed by atoms with E-state index in [9.17, 15) is 8.42 Å². The quantitative estimate of drug-likeness (QED) is 0.157. The molecular formula is C24H20ClN7O4S. The van der Waals surface area contributed by atoms with Gasteiger partial charge in [-0.25, -0.2) is 23.1 Å². The average Bonchev–Trinajstić information content (AvgIpc) is 3.58. The molecule has 37 heavy (non-hydrogen) atoms. The van der Waals surface area contributed by atoms with E-state index >= 15 is 0 Å². The lowest BCUT2D eigenvalue weighted by atomic mass is 10.2. The van der Waals surface area contributed by atoms with E-state index in [-0.39, 0.29) is 34.6 Å². The maximum atomic E-state index is 13.3. The van der Waals surface area contributed by atoms with Crippen LogP contribution in [0, 0.1) is 5.41 Å². The van der Waals surface area contributed by atoms with Gasteiger partial charge in [-0.05, 0) is 48.0 Å². The Hall–Kier alpha value is -4.13. The Morgan fingerprint density at radius 2 is 1.81 bits per heavy atom. The number of ether oxygens (including phenoxy) is 2. The number of H-pyrrole nitrogens is 2. The number of aromatic amines is 2. The van der Waals surface area contributed by atoms with Gasteiger partial charge in [0.1, 0.15) is 27.9 Å². The van der Waals surface area contributed by atoms with Gasteiger partial charge in [-0.15, -0.1) is 0 Å². The highest BCUT2D eigenvalue weighted by Crippen LogP contribution is 2.33. The van der Waals surface area contributed by atoms with Gasteiger partial charge in [-0.1, -0.05) is 17.7 Å². The lowest BCUT2D eigenvalue weighted by molar-refractivity contribution is 0.174. The second-order valence-electron chi connectivity index (χ2n) is 8.50. The van der Waals surface area contributed by atoms with Crippen LogP contribution in [-0.4, -0.2) is 41.0 Å². The van der Waals surface area contributed by atoms with Crippen LogP contribution in [0.5, 0.6) is 11.5 Å². The van der Waals surface area contributed by atoms with Gasteiger partial charge >= 0.3 is 0 Å². The van der Waals surface area contributed by atoms with Crippen LogP contribution in [0.4, 0.5) is 0 Å². The van der Waals surface area contributed by atoms with Gasteiger partial charge in [0.05, 0.1) is 23.0 Å². The Bertz CT molecular complexity index is 1810. The molecule has 3 aromatic carbocycles. The van der Waals surface area contributed by atoms with Crippen molar-refractivity contribution in [1.82, 2.24) is 24.7 Å². The zero-order valence-electron chi connectivity index (χ0n) is 19.1. The van der Waals surface area contributed by atoms with Gasteiger partial charge in [0.2, 0.25) is 16.8 Å². The summed E-state index contributed by atoms with van der Waals surface area (Å²) in [7, 11) is -3.96. The topological polar surface area (TPSA) is 172 Å². The molecule has 0 radical (unpaired) electrons. The number of halogens is 1. The first-order valence-electron chi connectivity index (χ1n) is 11.1. The zero-order chi connectivity index (χ0) is 25.7. The van der Waals surface area contributed by atoms with Crippen molar-refractivity contribution in [3.63, 3.8) is 0 Å². The first-order chi connectivity index (χ1) is 17.7. The molecule has 13 heteroatoms. The number of hydrogen-bond donors (Lipinski definition) is 5. The van der Waals surface area contributed by atoms with Crippen LogP contribution in [0.25, 0.3) is 22.1 Å².